The molecule has 0 aliphatic heterocycles. The van der Waals surface area contributed by atoms with Gasteiger partial charge in [0, 0.05) is 33.8 Å². The normalized spacial score (nSPS) is 11.6. The Kier molecular flexibility index (Phi) is 5.05. The summed E-state index contributed by atoms with van der Waals surface area (Å²) in [6.07, 6.45) is 2.80. The van der Waals surface area contributed by atoms with Crippen molar-refractivity contribution in [1.29, 1.82) is 0 Å². The van der Waals surface area contributed by atoms with Crippen LogP contribution >= 0.6 is 22.7 Å². The molecule has 20 heavy (non-hydrogen) atoms. The zero-order chi connectivity index (χ0) is 14.5. The Morgan fingerprint density at radius 3 is 2.90 bits per heavy atom. The van der Waals surface area contributed by atoms with E-state index in [0.717, 1.165) is 23.7 Å². The fourth-order valence-corrected chi connectivity index (χ4v) is 3.62. The number of carbonyl (C=O) groups is 1. The molecule has 0 aliphatic rings. The second-order valence-electron chi connectivity index (χ2n) is 4.51. The van der Waals surface area contributed by atoms with Gasteiger partial charge in [-0.2, -0.15) is 0 Å². The van der Waals surface area contributed by atoms with E-state index < -0.39 is 5.97 Å². The molecule has 0 aromatic carbocycles. The van der Waals surface area contributed by atoms with Crippen LogP contribution in [0.5, 0.6) is 0 Å². The zero-order valence-electron chi connectivity index (χ0n) is 11.4. The van der Waals surface area contributed by atoms with Gasteiger partial charge in [-0.1, -0.05) is 0 Å². The summed E-state index contributed by atoms with van der Waals surface area (Å²) in [6, 6.07) is 3.99. The van der Waals surface area contributed by atoms with Crippen LogP contribution < -0.4 is 0 Å². The summed E-state index contributed by atoms with van der Waals surface area (Å²) in [7, 11) is 2.08. The van der Waals surface area contributed by atoms with Crippen LogP contribution in [0.2, 0.25) is 0 Å². The molecule has 0 radical (unpaired) electrons. The lowest BCUT2D eigenvalue weighted by molar-refractivity contribution is -0.131. The van der Waals surface area contributed by atoms with Gasteiger partial charge in [0.25, 0.3) is 0 Å². The molecular weight excluding hydrogens is 292 g/mol. The largest absolute Gasteiger partial charge is 0.478 e. The van der Waals surface area contributed by atoms with Crippen LogP contribution in [0.25, 0.3) is 6.08 Å². The summed E-state index contributed by atoms with van der Waals surface area (Å²) < 4.78 is 0. The lowest BCUT2D eigenvalue weighted by Crippen LogP contribution is -2.16. The maximum absolute atomic E-state index is 10.5. The average molecular weight is 308 g/mol. The van der Waals surface area contributed by atoms with E-state index in [0.29, 0.717) is 0 Å². The molecule has 2 aromatic heterocycles. The second kappa shape index (κ2) is 6.78. The fourth-order valence-electron chi connectivity index (χ4n) is 1.77. The number of aromatic nitrogens is 1. The fraction of sp³-hybridized carbons (Fsp3) is 0.286. The van der Waals surface area contributed by atoms with Crippen molar-refractivity contribution >= 4 is 34.7 Å². The molecule has 106 valence electrons. The van der Waals surface area contributed by atoms with Crippen LogP contribution in [-0.4, -0.2) is 28.0 Å². The smallest absolute Gasteiger partial charge is 0.328 e. The molecule has 0 unspecified atom stereocenters. The highest BCUT2D eigenvalue weighted by molar-refractivity contribution is 7.12. The molecule has 0 saturated carbocycles. The Labute approximate surface area is 126 Å². The van der Waals surface area contributed by atoms with Crippen LogP contribution in [0.15, 0.2) is 23.7 Å². The van der Waals surface area contributed by atoms with E-state index in [-0.39, 0.29) is 0 Å². The Morgan fingerprint density at radius 2 is 2.25 bits per heavy atom. The van der Waals surface area contributed by atoms with E-state index in [4.69, 9.17) is 5.11 Å². The number of carboxylic acid groups (broad SMARTS) is 1. The van der Waals surface area contributed by atoms with Gasteiger partial charge in [0.05, 0.1) is 11.2 Å². The van der Waals surface area contributed by atoms with Crippen molar-refractivity contribution in [1.82, 2.24) is 9.88 Å². The van der Waals surface area contributed by atoms with Gasteiger partial charge in [-0.15, -0.1) is 22.7 Å². The first-order chi connectivity index (χ1) is 9.54. The van der Waals surface area contributed by atoms with Crippen molar-refractivity contribution < 1.29 is 9.90 Å². The summed E-state index contributed by atoms with van der Waals surface area (Å²) in [5.41, 5.74) is 2.97. The van der Waals surface area contributed by atoms with E-state index in [1.54, 1.807) is 28.7 Å². The maximum atomic E-state index is 10.5. The first-order valence-corrected chi connectivity index (χ1v) is 7.81. The number of nitrogens with zero attached hydrogens (tertiary/aromatic N) is 2. The Hall–Kier alpha value is -1.50. The highest BCUT2D eigenvalue weighted by Crippen LogP contribution is 2.21. The van der Waals surface area contributed by atoms with Gasteiger partial charge in [0.1, 0.15) is 0 Å². The van der Waals surface area contributed by atoms with Crippen molar-refractivity contribution in [2.24, 2.45) is 0 Å². The number of thiazole rings is 1. The molecule has 0 saturated heterocycles. The van der Waals surface area contributed by atoms with Crippen LogP contribution in [0.3, 0.4) is 0 Å². The van der Waals surface area contributed by atoms with Gasteiger partial charge in [-0.3, -0.25) is 4.90 Å². The van der Waals surface area contributed by atoms with Gasteiger partial charge >= 0.3 is 5.97 Å². The van der Waals surface area contributed by atoms with Crippen molar-refractivity contribution in [3.63, 3.8) is 0 Å². The van der Waals surface area contributed by atoms with Gasteiger partial charge in [0.15, 0.2) is 0 Å². The van der Waals surface area contributed by atoms with Gasteiger partial charge in [0.2, 0.25) is 0 Å². The van der Waals surface area contributed by atoms with E-state index in [9.17, 15) is 4.79 Å². The number of hydrogen-bond donors (Lipinski definition) is 1. The number of thiophene rings is 1. The third-order valence-electron chi connectivity index (χ3n) is 2.76. The molecule has 0 amide bonds. The number of rotatable bonds is 6. The SMILES string of the molecule is Cc1ncsc1CN(C)Cc1ccc(C=CC(=O)O)s1. The third-order valence-corrected chi connectivity index (χ3v) is 4.71. The molecule has 2 aromatic rings. The van der Waals surface area contributed by atoms with Crippen molar-refractivity contribution in [3.8, 4) is 0 Å². The third kappa shape index (κ3) is 4.26. The quantitative estimate of drug-likeness (QED) is 0.832. The van der Waals surface area contributed by atoms with Gasteiger partial charge < -0.3 is 5.11 Å². The maximum Gasteiger partial charge on any atom is 0.328 e. The summed E-state index contributed by atoms with van der Waals surface area (Å²) >= 11 is 3.30. The zero-order valence-corrected chi connectivity index (χ0v) is 13.0. The number of hydrogen-bond acceptors (Lipinski definition) is 5. The summed E-state index contributed by atoms with van der Waals surface area (Å²) in [6.45, 7) is 3.76. The monoisotopic (exact) mass is 308 g/mol. The minimum atomic E-state index is -0.919. The molecule has 0 fully saturated rings. The first kappa shape index (κ1) is 14.9. The van der Waals surface area contributed by atoms with Crippen LogP contribution in [0.1, 0.15) is 20.3 Å². The van der Waals surface area contributed by atoms with E-state index in [1.807, 2.05) is 24.6 Å². The predicted molar refractivity (Wildman–Crippen MR) is 83.0 cm³/mol. The van der Waals surface area contributed by atoms with Crippen LogP contribution in [-0.2, 0) is 17.9 Å². The Morgan fingerprint density at radius 1 is 1.45 bits per heavy atom. The molecule has 4 nitrogen and oxygen atoms in total. The molecule has 0 spiro atoms. The van der Waals surface area contributed by atoms with E-state index >= 15 is 0 Å². The molecule has 0 bridgehead atoms. The molecule has 2 rings (SSSR count). The number of aliphatic carboxylic acids is 1. The van der Waals surface area contributed by atoms with Crippen LogP contribution in [0.4, 0.5) is 0 Å². The van der Waals surface area contributed by atoms with Crippen molar-refractivity contribution in [2.75, 3.05) is 7.05 Å². The molecule has 2 heterocycles. The summed E-state index contributed by atoms with van der Waals surface area (Å²) in [5.74, 6) is -0.919. The van der Waals surface area contributed by atoms with Crippen LogP contribution in [0, 0.1) is 6.92 Å². The minimum absolute atomic E-state index is 0.850. The Balaban J connectivity index is 1.93. The lowest BCUT2D eigenvalue weighted by atomic mass is 10.3. The lowest BCUT2D eigenvalue weighted by Gasteiger charge is -2.14. The molecule has 1 N–H and O–H groups in total. The molecule has 0 aliphatic carbocycles. The predicted octanol–water partition coefficient (Wildman–Crippen LogP) is 3.24. The van der Waals surface area contributed by atoms with Gasteiger partial charge in [-0.25, -0.2) is 9.78 Å². The van der Waals surface area contributed by atoms with E-state index in [1.165, 1.54) is 15.8 Å². The highest BCUT2D eigenvalue weighted by atomic mass is 32.1. The Bertz CT molecular complexity index is 616. The average Bonchev–Trinajstić information content (AvgIpc) is 2.97. The first-order valence-electron chi connectivity index (χ1n) is 6.12. The highest BCUT2D eigenvalue weighted by Gasteiger charge is 2.07. The molecular formula is C14H16N2O2S2. The summed E-state index contributed by atoms with van der Waals surface area (Å²) in [5, 5.41) is 8.60. The van der Waals surface area contributed by atoms with Crippen molar-refractivity contribution in [2.45, 2.75) is 20.0 Å². The van der Waals surface area contributed by atoms with E-state index in [2.05, 4.69) is 16.9 Å². The molecule has 0 atom stereocenters. The topological polar surface area (TPSA) is 53.4 Å². The van der Waals surface area contributed by atoms with Gasteiger partial charge in [-0.05, 0) is 32.2 Å². The van der Waals surface area contributed by atoms with Crippen molar-refractivity contribution in [3.05, 3.63) is 44.0 Å². The second-order valence-corrected chi connectivity index (χ2v) is 6.65. The molecule has 6 heteroatoms. The summed E-state index contributed by atoms with van der Waals surface area (Å²) in [4.78, 5) is 20.4. The standard InChI is InChI=1S/C14H16N2O2S2/c1-10-13(19-9-15-10)8-16(2)7-12-4-3-11(20-12)5-6-14(17)18/h3-6,9H,7-8H2,1-2H3,(H,17,18). The minimum Gasteiger partial charge on any atom is -0.478 e. The number of carboxylic acids is 1. The number of aryl methyl sites for hydroxylation is 1.